The van der Waals surface area contributed by atoms with E-state index in [1.807, 2.05) is 0 Å². The van der Waals surface area contributed by atoms with Gasteiger partial charge in [0, 0.05) is 31.8 Å². The second-order valence-corrected chi connectivity index (χ2v) is 7.94. The van der Waals surface area contributed by atoms with Crippen LogP contribution < -0.4 is 5.73 Å². The van der Waals surface area contributed by atoms with E-state index in [1.54, 1.807) is 7.11 Å². The van der Waals surface area contributed by atoms with Gasteiger partial charge in [0.25, 0.3) is 0 Å². The van der Waals surface area contributed by atoms with E-state index in [1.165, 1.54) is 32.1 Å². The van der Waals surface area contributed by atoms with Gasteiger partial charge in [0.05, 0.1) is 6.61 Å². The molecule has 0 aromatic rings. The van der Waals surface area contributed by atoms with Crippen LogP contribution in [0, 0.1) is 11.3 Å². The van der Waals surface area contributed by atoms with E-state index < -0.39 is 0 Å². The van der Waals surface area contributed by atoms with Crippen LogP contribution in [0.25, 0.3) is 0 Å². The van der Waals surface area contributed by atoms with Gasteiger partial charge in [-0.3, -0.25) is 4.90 Å². The van der Waals surface area contributed by atoms with Crippen molar-refractivity contribution in [2.45, 2.75) is 78.3 Å². The topological polar surface area (TPSA) is 38.5 Å². The third-order valence-corrected chi connectivity index (χ3v) is 5.35. The Kier molecular flexibility index (Phi) is 7.15. The molecule has 0 aromatic heterocycles. The molecule has 2 N–H and O–H groups in total. The van der Waals surface area contributed by atoms with Crippen LogP contribution in [0.3, 0.4) is 0 Å². The third kappa shape index (κ3) is 4.67. The number of nitrogens with zero attached hydrogens (tertiary/aromatic N) is 1. The van der Waals surface area contributed by atoms with Crippen LogP contribution in [0.1, 0.15) is 66.7 Å². The molecule has 1 fully saturated rings. The lowest BCUT2D eigenvalue weighted by Gasteiger charge is -2.55. The summed E-state index contributed by atoms with van der Waals surface area (Å²) in [6.45, 7) is 14.4. The summed E-state index contributed by atoms with van der Waals surface area (Å²) in [5, 5.41) is 0. The summed E-state index contributed by atoms with van der Waals surface area (Å²) in [5.74, 6) is 0.747. The highest BCUT2D eigenvalue weighted by Gasteiger charge is 2.46. The van der Waals surface area contributed by atoms with Crippen molar-refractivity contribution in [3.8, 4) is 0 Å². The molecule has 0 amide bonds. The van der Waals surface area contributed by atoms with E-state index in [2.05, 4.69) is 39.5 Å². The molecule has 0 aliphatic heterocycles. The second kappa shape index (κ2) is 7.94. The van der Waals surface area contributed by atoms with Crippen molar-refractivity contribution in [2.24, 2.45) is 17.1 Å². The number of methoxy groups -OCH3 is 1. The highest BCUT2D eigenvalue weighted by molar-refractivity contribution is 5.02. The number of ether oxygens (including phenoxy) is 1. The van der Waals surface area contributed by atoms with Gasteiger partial charge >= 0.3 is 0 Å². The summed E-state index contributed by atoms with van der Waals surface area (Å²) in [6, 6.07) is 0.616. The van der Waals surface area contributed by atoms with Crippen LogP contribution in [0.5, 0.6) is 0 Å². The highest BCUT2D eigenvalue weighted by Crippen LogP contribution is 2.47. The van der Waals surface area contributed by atoms with Crippen LogP contribution in [0.2, 0.25) is 0 Å². The van der Waals surface area contributed by atoms with E-state index in [9.17, 15) is 0 Å². The number of hydrogen-bond acceptors (Lipinski definition) is 3. The number of nitrogens with two attached hydrogens (primary N) is 1. The van der Waals surface area contributed by atoms with Crippen LogP contribution in [0.15, 0.2) is 0 Å². The summed E-state index contributed by atoms with van der Waals surface area (Å²) >= 11 is 0. The van der Waals surface area contributed by atoms with E-state index in [-0.39, 0.29) is 5.54 Å². The maximum atomic E-state index is 6.36. The second-order valence-electron chi connectivity index (χ2n) is 7.94. The number of hydrogen-bond donors (Lipinski definition) is 1. The molecule has 0 spiro atoms. The van der Waals surface area contributed by atoms with E-state index in [4.69, 9.17) is 10.5 Å². The predicted molar refractivity (Wildman–Crippen MR) is 91.5 cm³/mol. The summed E-state index contributed by atoms with van der Waals surface area (Å²) in [7, 11) is 1.80. The summed E-state index contributed by atoms with van der Waals surface area (Å²) in [6.07, 6.45) is 6.14. The van der Waals surface area contributed by atoms with Crippen molar-refractivity contribution < 1.29 is 4.74 Å². The van der Waals surface area contributed by atoms with Gasteiger partial charge in [0.15, 0.2) is 0 Å². The van der Waals surface area contributed by atoms with E-state index >= 15 is 0 Å². The lowest BCUT2D eigenvalue weighted by atomic mass is 9.63. The molecule has 1 rings (SSSR count). The zero-order valence-electron chi connectivity index (χ0n) is 15.2. The molecule has 0 heterocycles. The fraction of sp³-hybridized carbons (Fsp3) is 1.00. The first-order valence-corrected chi connectivity index (χ1v) is 8.80. The summed E-state index contributed by atoms with van der Waals surface area (Å²) < 4.78 is 5.39. The van der Waals surface area contributed by atoms with Crippen molar-refractivity contribution in [1.29, 1.82) is 0 Å². The van der Waals surface area contributed by atoms with Crippen molar-refractivity contribution in [3.63, 3.8) is 0 Å². The molecule has 0 bridgehead atoms. The minimum Gasteiger partial charge on any atom is -0.383 e. The maximum Gasteiger partial charge on any atom is 0.0590 e. The maximum absolute atomic E-state index is 6.36. The highest BCUT2D eigenvalue weighted by atomic mass is 16.5. The van der Waals surface area contributed by atoms with Gasteiger partial charge in [-0.25, -0.2) is 0 Å². The largest absolute Gasteiger partial charge is 0.383 e. The molecule has 1 aliphatic carbocycles. The zero-order chi connectivity index (χ0) is 16.1. The first-order valence-electron chi connectivity index (χ1n) is 8.80. The Morgan fingerprint density at radius 3 is 2.29 bits per heavy atom. The molecular weight excluding hydrogens is 260 g/mol. The average Bonchev–Trinajstić information content (AvgIpc) is 2.41. The van der Waals surface area contributed by atoms with E-state index in [0.29, 0.717) is 11.5 Å². The minimum absolute atomic E-state index is 0.149. The Morgan fingerprint density at radius 2 is 1.86 bits per heavy atom. The predicted octanol–water partition coefficient (Wildman–Crippen LogP) is 3.67. The van der Waals surface area contributed by atoms with Crippen molar-refractivity contribution in [1.82, 2.24) is 4.90 Å². The van der Waals surface area contributed by atoms with Crippen LogP contribution in [0.4, 0.5) is 0 Å². The first-order chi connectivity index (χ1) is 9.84. The molecule has 3 heteroatoms. The molecule has 0 aromatic carbocycles. The Hall–Kier alpha value is -0.120. The zero-order valence-corrected chi connectivity index (χ0v) is 15.2. The quantitative estimate of drug-likeness (QED) is 0.743. The molecule has 21 heavy (non-hydrogen) atoms. The minimum atomic E-state index is 0.149. The molecule has 0 radical (unpaired) electrons. The van der Waals surface area contributed by atoms with Gasteiger partial charge in [-0.15, -0.1) is 0 Å². The monoisotopic (exact) mass is 298 g/mol. The molecule has 3 nitrogen and oxygen atoms in total. The lowest BCUT2D eigenvalue weighted by Crippen LogP contribution is -2.62. The van der Waals surface area contributed by atoms with Gasteiger partial charge in [-0.05, 0) is 43.4 Å². The third-order valence-electron chi connectivity index (χ3n) is 5.35. The smallest absolute Gasteiger partial charge is 0.0590 e. The van der Waals surface area contributed by atoms with Crippen LogP contribution in [-0.2, 0) is 4.74 Å². The Morgan fingerprint density at radius 1 is 1.24 bits per heavy atom. The fourth-order valence-corrected chi connectivity index (χ4v) is 4.92. The van der Waals surface area contributed by atoms with Crippen LogP contribution in [-0.4, -0.2) is 43.3 Å². The van der Waals surface area contributed by atoms with E-state index in [0.717, 1.165) is 25.6 Å². The fourth-order valence-electron chi connectivity index (χ4n) is 4.92. The standard InChI is InChI=1S/C18H38N2O/c1-7-16(8-2)20(9-10-21-6)18(14-19)12-15(3)11-17(4,5)13-18/h15-16H,7-14,19H2,1-6H3. The van der Waals surface area contributed by atoms with Gasteiger partial charge in [-0.1, -0.05) is 34.6 Å². The molecule has 0 saturated heterocycles. The molecule has 2 atom stereocenters. The SMILES string of the molecule is CCC(CC)N(CCOC)C1(CN)CC(C)CC(C)(C)C1. The molecular formula is C18H38N2O. The van der Waals surface area contributed by atoms with Gasteiger partial charge in [-0.2, -0.15) is 0 Å². The Bertz CT molecular complexity index is 302. The normalized spacial score (nSPS) is 29.3. The molecule has 2 unspecified atom stereocenters. The summed E-state index contributed by atoms with van der Waals surface area (Å²) in [5.41, 5.74) is 6.89. The average molecular weight is 299 g/mol. The van der Waals surface area contributed by atoms with Crippen molar-refractivity contribution in [3.05, 3.63) is 0 Å². The van der Waals surface area contributed by atoms with Crippen molar-refractivity contribution in [2.75, 3.05) is 26.8 Å². The first kappa shape index (κ1) is 18.9. The van der Waals surface area contributed by atoms with Gasteiger partial charge in [0.2, 0.25) is 0 Å². The Balaban J connectivity index is 3.08. The summed E-state index contributed by atoms with van der Waals surface area (Å²) in [4.78, 5) is 2.70. The van der Waals surface area contributed by atoms with Gasteiger partial charge < -0.3 is 10.5 Å². The molecule has 126 valence electrons. The van der Waals surface area contributed by atoms with Gasteiger partial charge in [0.1, 0.15) is 0 Å². The van der Waals surface area contributed by atoms with Crippen molar-refractivity contribution >= 4 is 0 Å². The lowest BCUT2D eigenvalue weighted by molar-refractivity contribution is -0.0480. The number of rotatable bonds is 8. The van der Waals surface area contributed by atoms with Crippen LogP contribution >= 0.6 is 0 Å². The molecule has 1 saturated carbocycles. The Labute approximate surface area is 132 Å². The molecule has 1 aliphatic rings.